The number of rotatable bonds is 6. The van der Waals surface area contributed by atoms with Crippen LogP contribution in [0.3, 0.4) is 0 Å². The lowest BCUT2D eigenvalue weighted by molar-refractivity contribution is 0.0523. The standard InChI is InChI=1S/C22H33NO3/c1-8-20(24)19(12-16(4)15(2)3)18-11-9-10-17(13-18)14-23-21(25)26-22(5,6)7/h9-13,15,24H,8,14H2,1-7H3,(H,23,25)/b16-12+,20-19-. The second-order valence-corrected chi connectivity index (χ2v) is 7.81. The monoisotopic (exact) mass is 359 g/mol. The van der Waals surface area contributed by atoms with Crippen molar-refractivity contribution in [2.24, 2.45) is 5.92 Å². The molecule has 0 spiro atoms. The van der Waals surface area contributed by atoms with E-state index in [-0.39, 0.29) is 0 Å². The number of aliphatic hydroxyl groups excluding tert-OH is 1. The minimum absolute atomic E-state index is 0.363. The predicted molar refractivity (Wildman–Crippen MR) is 108 cm³/mol. The molecule has 1 aromatic rings. The average molecular weight is 360 g/mol. The van der Waals surface area contributed by atoms with Gasteiger partial charge >= 0.3 is 6.09 Å². The molecule has 1 amide bonds. The van der Waals surface area contributed by atoms with Crippen LogP contribution in [0.4, 0.5) is 4.79 Å². The number of amides is 1. The highest BCUT2D eigenvalue weighted by Crippen LogP contribution is 2.25. The van der Waals surface area contributed by atoms with E-state index in [1.165, 1.54) is 5.57 Å². The Morgan fingerprint density at radius 3 is 2.50 bits per heavy atom. The van der Waals surface area contributed by atoms with Gasteiger partial charge in [-0.25, -0.2) is 4.79 Å². The molecule has 0 radical (unpaired) electrons. The molecule has 0 saturated carbocycles. The summed E-state index contributed by atoms with van der Waals surface area (Å²) in [6, 6.07) is 7.84. The van der Waals surface area contributed by atoms with Gasteiger partial charge in [0.1, 0.15) is 5.60 Å². The Morgan fingerprint density at radius 1 is 1.31 bits per heavy atom. The van der Waals surface area contributed by atoms with Crippen LogP contribution in [-0.4, -0.2) is 16.8 Å². The third-order valence-electron chi connectivity index (χ3n) is 4.00. The van der Waals surface area contributed by atoms with Crippen molar-refractivity contribution >= 4 is 11.7 Å². The number of benzene rings is 1. The third kappa shape index (κ3) is 7.34. The summed E-state index contributed by atoms with van der Waals surface area (Å²) in [6.07, 6.45) is 2.17. The first-order valence-corrected chi connectivity index (χ1v) is 9.20. The van der Waals surface area contributed by atoms with E-state index in [0.29, 0.717) is 24.6 Å². The van der Waals surface area contributed by atoms with Gasteiger partial charge in [0, 0.05) is 18.5 Å². The maximum Gasteiger partial charge on any atom is 0.407 e. The van der Waals surface area contributed by atoms with Gasteiger partial charge in [0.05, 0.1) is 5.76 Å². The first-order valence-electron chi connectivity index (χ1n) is 9.20. The summed E-state index contributed by atoms with van der Waals surface area (Å²) in [7, 11) is 0. The van der Waals surface area contributed by atoms with Crippen molar-refractivity contribution in [3.05, 3.63) is 52.8 Å². The van der Waals surface area contributed by atoms with Gasteiger partial charge < -0.3 is 15.2 Å². The predicted octanol–water partition coefficient (Wildman–Crippen LogP) is 5.99. The van der Waals surface area contributed by atoms with Crippen LogP contribution >= 0.6 is 0 Å². The highest BCUT2D eigenvalue weighted by atomic mass is 16.6. The molecular formula is C22H33NO3. The van der Waals surface area contributed by atoms with Crippen LogP contribution in [0.2, 0.25) is 0 Å². The summed E-state index contributed by atoms with van der Waals surface area (Å²) < 4.78 is 5.26. The molecule has 1 aromatic carbocycles. The largest absolute Gasteiger partial charge is 0.512 e. The molecule has 0 aliphatic heterocycles. The van der Waals surface area contributed by atoms with E-state index in [4.69, 9.17) is 4.74 Å². The fraction of sp³-hybridized carbons (Fsp3) is 0.500. The van der Waals surface area contributed by atoms with Gasteiger partial charge in [0.25, 0.3) is 0 Å². The van der Waals surface area contributed by atoms with Crippen LogP contribution in [0.15, 0.2) is 41.7 Å². The van der Waals surface area contributed by atoms with Crippen molar-refractivity contribution in [3.63, 3.8) is 0 Å². The zero-order chi connectivity index (χ0) is 19.9. The number of carbonyl (C=O) groups excluding carboxylic acids is 1. The van der Waals surface area contributed by atoms with E-state index in [9.17, 15) is 9.90 Å². The Balaban J connectivity index is 3.02. The number of alkyl carbamates (subject to hydrolysis) is 1. The summed E-state index contributed by atoms with van der Waals surface area (Å²) in [6.45, 7) is 14.1. The second kappa shape index (κ2) is 9.46. The van der Waals surface area contributed by atoms with E-state index in [2.05, 4.69) is 26.1 Å². The molecule has 0 bridgehead atoms. The molecule has 0 aliphatic carbocycles. The quantitative estimate of drug-likeness (QED) is 0.484. The van der Waals surface area contributed by atoms with Gasteiger partial charge in [-0.3, -0.25) is 0 Å². The fourth-order valence-electron chi connectivity index (χ4n) is 2.26. The van der Waals surface area contributed by atoms with E-state index >= 15 is 0 Å². The number of hydrogen-bond donors (Lipinski definition) is 2. The number of carbonyl (C=O) groups is 1. The van der Waals surface area contributed by atoms with E-state index in [0.717, 1.165) is 16.7 Å². The summed E-state index contributed by atoms with van der Waals surface area (Å²) >= 11 is 0. The molecule has 0 aromatic heterocycles. The summed E-state index contributed by atoms with van der Waals surface area (Å²) in [5, 5.41) is 13.2. The summed E-state index contributed by atoms with van der Waals surface area (Å²) in [5.41, 5.74) is 3.40. The molecule has 0 fully saturated rings. The Labute approximate surface area is 158 Å². The lowest BCUT2D eigenvalue weighted by Crippen LogP contribution is -2.32. The molecule has 0 unspecified atom stereocenters. The third-order valence-corrected chi connectivity index (χ3v) is 4.00. The lowest BCUT2D eigenvalue weighted by atomic mass is 9.95. The smallest absolute Gasteiger partial charge is 0.407 e. The Hall–Kier alpha value is -2.23. The molecule has 2 N–H and O–H groups in total. The number of ether oxygens (including phenoxy) is 1. The zero-order valence-electron chi connectivity index (χ0n) is 17.1. The van der Waals surface area contributed by atoms with E-state index in [1.807, 2.05) is 58.0 Å². The van der Waals surface area contributed by atoms with Gasteiger partial charge in [-0.15, -0.1) is 0 Å². The first-order chi connectivity index (χ1) is 12.0. The Morgan fingerprint density at radius 2 is 1.96 bits per heavy atom. The Bertz CT molecular complexity index is 679. The molecule has 144 valence electrons. The van der Waals surface area contributed by atoms with Crippen molar-refractivity contribution in [2.45, 2.75) is 67.0 Å². The van der Waals surface area contributed by atoms with Gasteiger partial charge in [-0.2, -0.15) is 0 Å². The lowest BCUT2D eigenvalue weighted by Gasteiger charge is -2.19. The fourth-order valence-corrected chi connectivity index (χ4v) is 2.26. The highest BCUT2D eigenvalue weighted by molar-refractivity contribution is 5.76. The molecule has 0 aliphatic rings. The zero-order valence-corrected chi connectivity index (χ0v) is 17.1. The van der Waals surface area contributed by atoms with Crippen LogP contribution < -0.4 is 5.32 Å². The van der Waals surface area contributed by atoms with Gasteiger partial charge in [-0.05, 0) is 50.8 Å². The van der Waals surface area contributed by atoms with Crippen molar-refractivity contribution in [1.82, 2.24) is 5.32 Å². The van der Waals surface area contributed by atoms with Crippen LogP contribution in [0.5, 0.6) is 0 Å². The maximum atomic E-state index is 11.8. The van der Waals surface area contributed by atoms with Crippen LogP contribution in [0.25, 0.3) is 5.57 Å². The summed E-state index contributed by atoms with van der Waals surface area (Å²) in [4.78, 5) is 11.8. The van der Waals surface area contributed by atoms with Gasteiger partial charge in [0.2, 0.25) is 0 Å². The molecule has 1 rings (SSSR count). The SMILES string of the molecule is CC/C(O)=C(\C=C(/C)C(C)C)c1cccc(CNC(=O)OC(C)(C)C)c1. The van der Waals surface area contributed by atoms with Crippen LogP contribution in [0.1, 0.15) is 66.0 Å². The Kier molecular flexibility index (Phi) is 7.94. The highest BCUT2D eigenvalue weighted by Gasteiger charge is 2.16. The van der Waals surface area contributed by atoms with E-state index in [1.54, 1.807) is 0 Å². The van der Waals surface area contributed by atoms with Gasteiger partial charge in [0.15, 0.2) is 0 Å². The topological polar surface area (TPSA) is 58.6 Å². The van der Waals surface area contributed by atoms with E-state index < -0.39 is 11.7 Å². The van der Waals surface area contributed by atoms with Gasteiger partial charge in [-0.1, -0.05) is 50.6 Å². The molecule has 4 heteroatoms. The molecule has 0 heterocycles. The normalized spacial score (nSPS) is 13.5. The van der Waals surface area contributed by atoms with Crippen LogP contribution in [-0.2, 0) is 11.3 Å². The molecular weight excluding hydrogens is 326 g/mol. The van der Waals surface area contributed by atoms with Crippen molar-refractivity contribution in [2.75, 3.05) is 0 Å². The first kappa shape index (κ1) is 21.8. The van der Waals surface area contributed by atoms with Crippen LogP contribution in [0, 0.1) is 5.92 Å². The minimum Gasteiger partial charge on any atom is -0.512 e. The maximum absolute atomic E-state index is 11.8. The number of hydrogen-bond acceptors (Lipinski definition) is 3. The van der Waals surface area contributed by atoms with Crippen molar-refractivity contribution in [3.8, 4) is 0 Å². The van der Waals surface area contributed by atoms with Crippen molar-refractivity contribution < 1.29 is 14.6 Å². The minimum atomic E-state index is -0.520. The van der Waals surface area contributed by atoms with Crippen molar-refractivity contribution in [1.29, 1.82) is 0 Å². The molecule has 0 saturated heterocycles. The second-order valence-electron chi connectivity index (χ2n) is 7.81. The summed E-state index contributed by atoms with van der Waals surface area (Å²) in [5.74, 6) is 0.772. The molecule has 0 atom stereocenters. The molecule has 4 nitrogen and oxygen atoms in total. The number of nitrogens with one attached hydrogen (secondary N) is 1. The number of allylic oxidation sites excluding steroid dienone is 4. The average Bonchev–Trinajstić information content (AvgIpc) is 2.55. The number of aliphatic hydroxyl groups is 1. The molecule has 26 heavy (non-hydrogen) atoms.